The van der Waals surface area contributed by atoms with Crippen molar-refractivity contribution in [1.29, 1.82) is 0 Å². The number of terminal acetylenes is 1. The highest BCUT2D eigenvalue weighted by Crippen LogP contribution is 2.23. The molecule has 0 aliphatic rings. The number of alkyl halides is 1. The number of anilines is 2. The topological polar surface area (TPSA) is 100 Å². The first-order valence-electron chi connectivity index (χ1n) is 9.57. The molecule has 0 atom stereocenters. The minimum absolute atomic E-state index is 0.0126. The third-order valence-electron chi connectivity index (χ3n) is 4.02. The van der Waals surface area contributed by atoms with E-state index in [2.05, 4.69) is 21.5 Å². The Kier molecular flexibility index (Phi) is 8.32. The SMILES string of the molecule is C#Cc1cc(CNC(=O)/C=C/c2ccc(CF)nc2NC(C)C)cc(F)c1NS(C)(=O)=O. The quantitative estimate of drug-likeness (QED) is 0.393. The van der Waals surface area contributed by atoms with Crippen LogP contribution in [0, 0.1) is 18.2 Å². The van der Waals surface area contributed by atoms with Crippen LogP contribution in [0.4, 0.5) is 20.3 Å². The molecule has 0 spiro atoms. The van der Waals surface area contributed by atoms with E-state index in [0.717, 1.165) is 12.3 Å². The average molecular weight is 463 g/mol. The Morgan fingerprint density at radius 3 is 2.62 bits per heavy atom. The molecule has 7 nitrogen and oxygen atoms in total. The maximum Gasteiger partial charge on any atom is 0.244 e. The number of halogens is 2. The van der Waals surface area contributed by atoms with Gasteiger partial charge >= 0.3 is 0 Å². The Morgan fingerprint density at radius 2 is 2.03 bits per heavy atom. The number of rotatable bonds is 9. The standard InChI is InChI=1S/C22H24F2N4O3S/c1-5-16-10-15(11-19(24)21(16)28-32(4,30)31)13-25-20(29)9-7-17-6-8-18(12-23)27-22(17)26-14(2)3/h1,6-11,14,28H,12-13H2,2-4H3,(H,25,29)(H,26,27)/b9-7+. The summed E-state index contributed by atoms with van der Waals surface area (Å²) in [5, 5.41) is 5.70. The van der Waals surface area contributed by atoms with Crippen LogP contribution in [0.2, 0.25) is 0 Å². The van der Waals surface area contributed by atoms with Crippen LogP contribution in [0.3, 0.4) is 0 Å². The second-order valence-electron chi connectivity index (χ2n) is 7.24. The summed E-state index contributed by atoms with van der Waals surface area (Å²) in [7, 11) is -3.72. The zero-order valence-corrected chi connectivity index (χ0v) is 18.7. The largest absolute Gasteiger partial charge is 0.367 e. The highest BCUT2D eigenvalue weighted by atomic mass is 32.2. The first-order valence-corrected chi connectivity index (χ1v) is 11.5. The molecule has 2 aromatic rings. The maximum absolute atomic E-state index is 14.3. The van der Waals surface area contributed by atoms with Crippen molar-refractivity contribution in [3.05, 3.63) is 58.5 Å². The number of carbonyl (C=O) groups excluding carboxylic acids is 1. The highest BCUT2D eigenvalue weighted by molar-refractivity contribution is 7.92. The van der Waals surface area contributed by atoms with Gasteiger partial charge in [0.25, 0.3) is 0 Å². The fourth-order valence-electron chi connectivity index (χ4n) is 2.69. The van der Waals surface area contributed by atoms with Crippen LogP contribution < -0.4 is 15.4 Å². The molecule has 170 valence electrons. The molecule has 10 heteroatoms. The number of amides is 1. The van der Waals surface area contributed by atoms with Gasteiger partial charge in [0, 0.05) is 24.2 Å². The van der Waals surface area contributed by atoms with Crippen molar-refractivity contribution in [3.8, 4) is 12.3 Å². The van der Waals surface area contributed by atoms with E-state index in [9.17, 15) is 22.0 Å². The lowest BCUT2D eigenvalue weighted by atomic mass is 10.1. The Labute approximate surface area is 186 Å². The van der Waals surface area contributed by atoms with Crippen molar-refractivity contribution in [3.63, 3.8) is 0 Å². The van der Waals surface area contributed by atoms with E-state index in [0.29, 0.717) is 16.9 Å². The number of sulfonamides is 1. The lowest BCUT2D eigenvalue weighted by molar-refractivity contribution is -0.116. The molecule has 0 aliphatic carbocycles. The molecule has 0 saturated carbocycles. The van der Waals surface area contributed by atoms with E-state index in [4.69, 9.17) is 6.42 Å². The van der Waals surface area contributed by atoms with Gasteiger partial charge in [0.2, 0.25) is 15.9 Å². The normalized spacial score (nSPS) is 11.4. The maximum atomic E-state index is 14.3. The van der Waals surface area contributed by atoms with E-state index in [-0.39, 0.29) is 29.5 Å². The number of benzene rings is 1. The summed E-state index contributed by atoms with van der Waals surface area (Å²) in [6.07, 6.45) is 9.05. The van der Waals surface area contributed by atoms with Gasteiger partial charge in [-0.1, -0.05) is 5.92 Å². The highest BCUT2D eigenvalue weighted by Gasteiger charge is 2.14. The Balaban J connectivity index is 2.13. The van der Waals surface area contributed by atoms with E-state index in [1.807, 2.05) is 18.6 Å². The minimum Gasteiger partial charge on any atom is -0.367 e. The molecule has 2 rings (SSSR count). The second-order valence-corrected chi connectivity index (χ2v) is 8.99. The Morgan fingerprint density at radius 1 is 1.31 bits per heavy atom. The molecule has 32 heavy (non-hydrogen) atoms. The second kappa shape index (κ2) is 10.7. The predicted octanol–water partition coefficient (Wildman–Crippen LogP) is 3.19. The zero-order chi connectivity index (χ0) is 23.9. The molecule has 1 amide bonds. The molecule has 0 fully saturated rings. The fraction of sp³-hybridized carbons (Fsp3) is 0.273. The molecule has 1 aromatic carbocycles. The molecule has 0 unspecified atom stereocenters. The number of hydrogen-bond acceptors (Lipinski definition) is 5. The fourth-order valence-corrected chi connectivity index (χ4v) is 3.27. The lowest BCUT2D eigenvalue weighted by Gasteiger charge is -2.13. The summed E-state index contributed by atoms with van der Waals surface area (Å²) in [6, 6.07) is 5.73. The van der Waals surface area contributed by atoms with E-state index < -0.39 is 28.4 Å². The minimum atomic E-state index is -3.72. The Hall–Kier alpha value is -3.45. The van der Waals surface area contributed by atoms with E-state index in [1.54, 1.807) is 6.07 Å². The van der Waals surface area contributed by atoms with Gasteiger partial charge in [-0.2, -0.15) is 0 Å². The third-order valence-corrected chi connectivity index (χ3v) is 4.60. The molecule has 0 aliphatic heterocycles. The van der Waals surface area contributed by atoms with Crippen LogP contribution in [-0.2, 0) is 28.0 Å². The average Bonchev–Trinajstić information content (AvgIpc) is 2.71. The van der Waals surface area contributed by atoms with Crippen molar-refractivity contribution in [2.75, 3.05) is 16.3 Å². The van der Waals surface area contributed by atoms with Gasteiger partial charge in [-0.3, -0.25) is 9.52 Å². The number of hydrogen-bond donors (Lipinski definition) is 3. The summed E-state index contributed by atoms with van der Waals surface area (Å²) in [6.45, 7) is 3.07. The predicted molar refractivity (Wildman–Crippen MR) is 121 cm³/mol. The number of carbonyl (C=O) groups is 1. The van der Waals surface area contributed by atoms with Gasteiger partial charge in [0.1, 0.15) is 18.3 Å². The molecular formula is C22H24F2N4O3S. The molecule has 1 aromatic heterocycles. The van der Waals surface area contributed by atoms with E-state index in [1.165, 1.54) is 24.3 Å². The van der Waals surface area contributed by atoms with Gasteiger partial charge in [-0.25, -0.2) is 22.2 Å². The third kappa shape index (κ3) is 7.35. The summed E-state index contributed by atoms with van der Waals surface area (Å²) in [4.78, 5) is 16.4. The first-order chi connectivity index (χ1) is 15.0. The van der Waals surface area contributed by atoms with Crippen molar-refractivity contribution < 1.29 is 22.0 Å². The van der Waals surface area contributed by atoms with Crippen LogP contribution in [0.1, 0.15) is 36.2 Å². The molecule has 0 saturated heterocycles. The smallest absolute Gasteiger partial charge is 0.244 e. The Bertz CT molecular complexity index is 1170. The number of aromatic nitrogens is 1. The molecular weight excluding hydrogens is 438 g/mol. The van der Waals surface area contributed by atoms with Gasteiger partial charge in [-0.05, 0) is 49.8 Å². The monoisotopic (exact) mass is 462 g/mol. The number of pyridine rings is 1. The zero-order valence-electron chi connectivity index (χ0n) is 17.9. The summed E-state index contributed by atoms with van der Waals surface area (Å²) in [5.74, 6) is 1.37. The summed E-state index contributed by atoms with van der Waals surface area (Å²) in [5.41, 5.74) is 0.920. The molecule has 1 heterocycles. The van der Waals surface area contributed by atoms with Crippen LogP contribution in [-0.4, -0.2) is 31.6 Å². The molecule has 0 radical (unpaired) electrons. The number of nitrogens with zero attached hydrogens (tertiary/aromatic N) is 1. The van der Waals surface area contributed by atoms with Crippen molar-refractivity contribution >= 4 is 33.5 Å². The van der Waals surface area contributed by atoms with Crippen molar-refractivity contribution in [2.24, 2.45) is 0 Å². The van der Waals surface area contributed by atoms with Crippen LogP contribution in [0.5, 0.6) is 0 Å². The lowest BCUT2D eigenvalue weighted by Crippen LogP contribution is -2.21. The van der Waals surface area contributed by atoms with E-state index >= 15 is 0 Å². The van der Waals surface area contributed by atoms with Gasteiger partial charge in [0.15, 0.2) is 0 Å². The van der Waals surface area contributed by atoms with Gasteiger partial charge in [0.05, 0.1) is 23.2 Å². The van der Waals surface area contributed by atoms with Crippen LogP contribution in [0.15, 0.2) is 30.3 Å². The summed E-state index contributed by atoms with van der Waals surface area (Å²) >= 11 is 0. The van der Waals surface area contributed by atoms with Crippen LogP contribution in [0.25, 0.3) is 6.08 Å². The summed E-state index contributed by atoms with van der Waals surface area (Å²) < 4.78 is 52.1. The first kappa shape index (κ1) is 24.8. The van der Waals surface area contributed by atoms with Crippen molar-refractivity contribution in [2.45, 2.75) is 33.1 Å². The number of nitrogens with one attached hydrogen (secondary N) is 3. The molecule has 3 N–H and O–H groups in total. The van der Waals surface area contributed by atoms with Gasteiger partial charge in [-0.15, -0.1) is 6.42 Å². The van der Waals surface area contributed by atoms with Crippen molar-refractivity contribution in [1.82, 2.24) is 10.3 Å². The molecule has 0 bridgehead atoms. The van der Waals surface area contributed by atoms with Crippen LogP contribution >= 0.6 is 0 Å². The van der Waals surface area contributed by atoms with Gasteiger partial charge < -0.3 is 10.6 Å².